The zero-order valence-electron chi connectivity index (χ0n) is 13.3. The van der Waals surface area contributed by atoms with Crippen LogP contribution in [0.15, 0.2) is 42.5 Å². The van der Waals surface area contributed by atoms with Gasteiger partial charge < -0.3 is 5.32 Å². The van der Waals surface area contributed by atoms with Crippen molar-refractivity contribution in [3.05, 3.63) is 62.7 Å². The van der Waals surface area contributed by atoms with Gasteiger partial charge in [0.1, 0.15) is 0 Å². The highest BCUT2D eigenvalue weighted by atomic mass is 127. The molecule has 0 saturated carbocycles. The van der Waals surface area contributed by atoms with Gasteiger partial charge in [-0.2, -0.15) is 0 Å². The third-order valence-corrected chi connectivity index (χ3v) is 4.30. The first-order valence-corrected chi connectivity index (χ1v) is 8.84. The Kier molecular flexibility index (Phi) is 6.12. The second kappa shape index (κ2) is 7.88. The number of hydrogen-bond donors (Lipinski definition) is 2. The number of carbonyl (C=O) groups is 1. The van der Waals surface area contributed by atoms with Gasteiger partial charge in [0.15, 0.2) is 5.11 Å². The molecule has 0 atom stereocenters. The van der Waals surface area contributed by atoms with Crippen LogP contribution in [0, 0.1) is 10.5 Å². The molecule has 0 aliphatic rings. The molecule has 0 aliphatic carbocycles. The molecule has 0 radical (unpaired) electrons. The Hall–Kier alpha value is -1.47. The summed E-state index contributed by atoms with van der Waals surface area (Å²) in [6.45, 7) is 6.24. The number of aryl methyl sites for hydroxylation is 1. The van der Waals surface area contributed by atoms with E-state index in [-0.39, 0.29) is 5.91 Å². The van der Waals surface area contributed by atoms with E-state index in [1.54, 1.807) is 12.1 Å². The lowest BCUT2D eigenvalue weighted by atomic mass is 10.0. The van der Waals surface area contributed by atoms with Crippen molar-refractivity contribution < 1.29 is 4.79 Å². The lowest BCUT2D eigenvalue weighted by Gasteiger charge is -2.16. The van der Waals surface area contributed by atoms with Crippen molar-refractivity contribution in [2.75, 3.05) is 5.32 Å². The molecule has 23 heavy (non-hydrogen) atoms. The summed E-state index contributed by atoms with van der Waals surface area (Å²) in [7, 11) is 0. The Morgan fingerprint density at radius 2 is 1.78 bits per heavy atom. The van der Waals surface area contributed by atoms with E-state index in [2.05, 4.69) is 53.1 Å². The summed E-state index contributed by atoms with van der Waals surface area (Å²) < 4.78 is 1.17. The summed E-state index contributed by atoms with van der Waals surface area (Å²) in [5, 5.41) is 6.16. The van der Waals surface area contributed by atoms with Gasteiger partial charge >= 0.3 is 0 Å². The molecule has 0 unspecified atom stereocenters. The van der Waals surface area contributed by atoms with Gasteiger partial charge in [0.2, 0.25) is 0 Å². The average Bonchev–Trinajstić information content (AvgIpc) is 2.49. The smallest absolute Gasteiger partial charge is 0.257 e. The number of halogens is 1. The van der Waals surface area contributed by atoms with E-state index in [9.17, 15) is 4.79 Å². The Labute approximate surface area is 156 Å². The van der Waals surface area contributed by atoms with Gasteiger partial charge in [0, 0.05) is 14.8 Å². The molecule has 2 rings (SSSR count). The summed E-state index contributed by atoms with van der Waals surface area (Å²) in [4.78, 5) is 12.2. The number of rotatable bonds is 3. The minimum atomic E-state index is -0.209. The molecule has 1 amide bonds. The third kappa shape index (κ3) is 5.00. The molecule has 0 heterocycles. The van der Waals surface area contributed by atoms with E-state index < -0.39 is 0 Å². The molecule has 5 heteroatoms. The molecule has 0 bridgehead atoms. The molecule has 0 saturated heterocycles. The van der Waals surface area contributed by atoms with Crippen LogP contribution in [0.25, 0.3) is 0 Å². The quantitative estimate of drug-likeness (QED) is 0.532. The van der Waals surface area contributed by atoms with Crippen molar-refractivity contribution in [1.82, 2.24) is 5.32 Å². The van der Waals surface area contributed by atoms with Gasteiger partial charge in [-0.1, -0.05) is 31.5 Å². The largest absolute Gasteiger partial charge is 0.332 e. The van der Waals surface area contributed by atoms with E-state index in [0.29, 0.717) is 16.6 Å². The molecule has 2 N–H and O–H groups in total. The third-order valence-electron chi connectivity index (χ3n) is 3.42. The topological polar surface area (TPSA) is 41.1 Å². The first-order valence-electron chi connectivity index (χ1n) is 7.35. The van der Waals surface area contributed by atoms with E-state index >= 15 is 0 Å². The van der Waals surface area contributed by atoms with Crippen LogP contribution in [0.4, 0.5) is 5.69 Å². The summed E-state index contributed by atoms with van der Waals surface area (Å²) in [5.41, 5.74) is 3.80. The number of benzene rings is 2. The second-order valence-corrected chi connectivity index (χ2v) is 7.31. The maximum atomic E-state index is 12.2. The summed E-state index contributed by atoms with van der Waals surface area (Å²) in [5.74, 6) is 0.155. The zero-order chi connectivity index (χ0) is 17.0. The first-order chi connectivity index (χ1) is 10.9. The van der Waals surface area contributed by atoms with E-state index in [1.165, 1.54) is 9.13 Å². The average molecular weight is 438 g/mol. The number of nitrogens with one attached hydrogen (secondary N) is 2. The highest BCUT2D eigenvalue weighted by Crippen LogP contribution is 2.26. The predicted molar refractivity (Wildman–Crippen MR) is 108 cm³/mol. The normalized spacial score (nSPS) is 10.5. The molecule has 0 aromatic heterocycles. The van der Waals surface area contributed by atoms with Crippen LogP contribution in [0.5, 0.6) is 0 Å². The highest BCUT2D eigenvalue weighted by Gasteiger charge is 2.11. The fraction of sp³-hybridized carbons (Fsp3) is 0.222. The maximum Gasteiger partial charge on any atom is 0.257 e. The summed E-state index contributed by atoms with van der Waals surface area (Å²) in [6.07, 6.45) is 0. The molecular weight excluding hydrogens is 419 g/mol. The number of amides is 1. The predicted octanol–water partition coefficient (Wildman–Crippen LogP) is 4.85. The minimum absolute atomic E-state index is 0.209. The van der Waals surface area contributed by atoms with Gasteiger partial charge in [-0.3, -0.25) is 10.1 Å². The summed E-state index contributed by atoms with van der Waals surface area (Å²) >= 11 is 7.56. The van der Waals surface area contributed by atoms with Crippen LogP contribution in [0.1, 0.15) is 41.3 Å². The van der Waals surface area contributed by atoms with Gasteiger partial charge in [-0.15, -0.1) is 0 Å². The van der Waals surface area contributed by atoms with Crippen molar-refractivity contribution in [3.63, 3.8) is 0 Å². The second-order valence-electron chi connectivity index (χ2n) is 5.66. The monoisotopic (exact) mass is 438 g/mol. The van der Waals surface area contributed by atoms with E-state index in [1.807, 2.05) is 31.2 Å². The summed E-state index contributed by atoms with van der Waals surface area (Å²) in [6, 6.07) is 13.5. The molecule has 2 aromatic rings. The van der Waals surface area contributed by atoms with Crippen molar-refractivity contribution in [2.45, 2.75) is 26.7 Å². The van der Waals surface area contributed by atoms with E-state index in [4.69, 9.17) is 12.2 Å². The SMILES string of the molecule is Cc1ccc(C(=O)NC(=S)Nc2ccc(I)cc2C(C)C)cc1. The van der Waals surface area contributed by atoms with Gasteiger partial charge in [0.05, 0.1) is 0 Å². The molecule has 0 fully saturated rings. The van der Waals surface area contributed by atoms with Crippen molar-refractivity contribution >= 4 is 51.5 Å². The molecule has 0 spiro atoms. The van der Waals surface area contributed by atoms with Crippen molar-refractivity contribution in [3.8, 4) is 0 Å². The molecule has 0 aliphatic heterocycles. The number of hydrogen-bond acceptors (Lipinski definition) is 2. The lowest BCUT2D eigenvalue weighted by molar-refractivity contribution is 0.0977. The molecule has 3 nitrogen and oxygen atoms in total. The van der Waals surface area contributed by atoms with Crippen LogP contribution in [-0.4, -0.2) is 11.0 Å². The molecular formula is C18H19IN2OS. The number of carbonyl (C=O) groups excluding carboxylic acids is 1. The fourth-order valence-corrected chi connectivity index (χ4v) is 2.88. The standard InChI is InChI=1S/C18H19IN2OS/c1-11(2)15-10-14(19)8-9-16(15)20-18(23)21-17(22)13-6-4-12(3)5-7-13/h4-11H,1-3H3,(H2,20,21,22,23). The van der Waals surface area contributed by atoms with Gasteiger partial charge in [-0.05, 0) is 83.5 Å². The van der Waals surface area contributed by atoms with Crippen LogP contribution >= 0.6 is 34.8 Å². The van der Waals surface area contributed by atoms with Crippen LogP contribution in [0.3, 0.4) is 0 Å². The van der Waals surface area contributed by atoms with E-state index in [0.717, 1.165) is 11.3 Å². The van der Waals surface area contributed by atoms with Crippen molar-refractivity contribution in [1.29, 1.82) is 0 Å². The minimum Gasteiger partial charge on any atom is -0.332 e. The van der Waals surface area contributed by atoms with Crippen LogP contribution < -0.4 is 10.6 Å². The van der Waals surface area contributed by atoms with Crippen LogP contribution in [0.2, 0.25) is 0 Å². The lowest BCUT2D eigenvalue weighted by Crippen LogP contribution is -2.34. The maximum absolute atomic E-state index is 12.2. The molecule has 2 aromatic carbocycles. The van der Waals surface area contributed by atoms with Gasteiger partial charge in [-0.25, -0.2) is 0 Å². The zero-order valence-corrected chi connectivity index (χ0v) is 16.3. The number of thiocarbonyl (C=S) groups is 1. The van der Waals surface area contributed by atoms with Crippen LogP contribution in [-0.2, 0) is 0 Å². The Bertz CT molecular complexity index is 726. The Balaban J connectivity index is 2.08. The van der Waals surface area contributed by atoms with Crippen molar-refractivity contribution in [2.24, 2.45) is 0 Å². The fourth-order valence-electron chi connectivity index (χ4n) is 2.16. The van der Waals surface area contributed by atoms with Gasteiger partial charge in [0.25, 0.3) is 5.91 Å². The Morgan fingerprint density at radius 1 is 1.13 bits per heavy atom. The molecule has 120 valence electrons. The highest BCUT2D eigenvalue weighted by molar-refractivity contribution is 14.1. The number of anilines is 1. The Morgan fingerprint density at radius 3 is 2.39 bits per heavy atom. The first kappa shape index (κ1) is 17.9.